The number of hydrogen-bond acceptors (Lipinski definition) is 4. The normalized spacial score (nSPS) is 12.3. The molecule has 0 N–H and O–H groups in total. The number of halogens is 1. The third-order valence-corrected chi connectivity index (χ3v) is 5.88. The summed E-state index contributed by atoms with van der Waals surface area (Å²) in [4.78, 5) is 12.3. The number of ketones is 1. The van der Waals surface area contributed by atoms with Gasteiger partial charge in [-0.25, -0.2) is 4.39 Å². The number of carbonyl (C=O) groups is 1. The molecule has 1 unspecified atom stereocenters. The smallest absolute Gasteiger partial charge is 0.191 e. The Hall–Kier alpha value is -2.47. The number of aromatic nitrogens is 3. The van der Waals surface area contributed by atoms with Crippen LogP contribution in [0, 0.1) is 11.7 Å². The first-order valence-electron chi connectivity index (χ1n) is 9.75. The second kappa shape index (κ2) is 9.35. The number of nitrogens with zero attached hydrogens (tertiary/aromatic N) is 3. The van der Waals surface area contributed by atoms with Crippen LogP contribution in [0.15, 0.2) is 53.7 Å². The van der Waals surface area contributed by atoms with Gasteiger partial charge in [0.2, 0.25) is 0 Å². The van der Waals surface area contributed by atoms with Crippen LogP contribution in [0.5, 0.6) is 0 Å². The SMILES string of the molecule is CC(C)Cc1ccc(C(C)c2nnc(SCC(=O)c3cccc(F)c3)n2C)cc1. The first-order valence-corrected chi connectivity index (χ1v) is 10.7. The van der Waals surface area contributed by atoms with Crippen molar-refractivity contribution in [3.63, 3.8) is 0 Å². The van der Waals surface area contributed by atoms with Crippen LogP contribution >= 0.6 is 11.8 Å². The number of Topliss-reactive ketones (excluding diaryl/α,β-unsaturated/α-hetero) is 1. The molecule has 2 aromatic carbocycles. The summed E-state index contributed by atoms with van der Waals surface area (Å²) in [5.41, 5.74) is 2.89. The Morgan fingerprint density at radius 1 is 1.10 bits per heavy atom. The number of hydrogen-bond donors (Lipinski definition) is 0. The van der Waals surface area contributed by atoms with Gasteiger partial charge >= 0.3 is 0 Å². The summed E-state index contributed by atoms with van der Waals surface area (Å²) in [6.07, 6.45) is 1.07. The van der Waals surface area contributed by atoms with Gasteiger partial charge in [0.1, 0.15) is 11.6 Å². The number of thioether (sulfide) groups is 1. The highest BCUT2D eigenvalue weighted by Gasteiger charge is 2.18. The molecule has 0 amide bonds. The molecule has 0 aliphatic heterocycles. The van der Waals surface area contributed by atoms with Gasteiger partial charge in [-0.1, -0.05) is 68.9 Å². The molecule has 29 heavy (non-hydrogen) atoms. The predicted octanol–water partition coefficient (Wildman–Crippen LogP) is 5.28. The van der Waals surface area contributed by atoms with E-state index in [1.165, 1.54) is 35.0 Å². The summed E-state index contributed by atoms with van der Waals surface area (Å²) >= 11 is 1.32. The molecule has 0 radical (unpaired) electrons. The van der Waals surface area contributed by atoms with Crippen LogP contribution in [0.4, 0.5) is 4.39 Å². The molecule has 0 spiro atoms. The van der Waals surface area contributed by atoms with Crippen LogP contribution in [0.1, 0.15) is 54.0 Å². The van der Waals surface area contributed by atoms with Crippen molar-refractivity contribution in [2.24, 2.45) is 13.0 Å². The van der Waals surface area contributed by atoms with Gasteiger partial charge in [-0.15, -0.1) is 10.2 Å². The molecule has 3 aromatic rings. The van der Waals surface area contributed by atoms with Crippen LogP contribution in [0.3, 0.4) is 0 Å². The zero-order chi connectivity index (χ0) is 21.0. The lowest BCUT2D eigenvalue weighted by molar-refractivity contribution is 0.102. The minimum Gasteiger partial charge on any atom is -0.309 e. The maximum absolute atomic E-state index is 13.3. The lowest BCUT2D eigenvalue weighted by Gasteiger charge is -2.13. The lowest BCUT2D eigenvalue weighted by Crippen LogP contribution is -2.07. The quantitative estimate of drug-likeness (QED) is 0.374. The van der Waals surface area contributed by atoms with Gasteiger partial charge in [0.15, 0.2) is 10.9 Å². The summed E-state index contributed by atoms with van der Waals surface area (Å²) in [7, 11) is 1.91. The predicted molar refractivity (Wildman–Crippen MR) is 115 cm³/mol. The van der Waals surface area contributed by atoms with E-state index in [-0.39, 0.29) is 17.5 Å². The number of benzene rings is 2. The van der Waals surface area contributed by atoms with Crippen LogP contribution in [-0.2, 0) is 13.5 Å². The molecule has 152 valence electrons. The average molecular weight is 412 g/mol. The van der Waals surface area contributed by atoms with E-state index in [1.54, 1.807) is 12.1 Å². The van der Waals surface area contributed by atoms with Gasteiger partial charge in [-0.05, 0) is 35.6 Å². The Labute approximate surface area is 175 Å². The minimum absolute atomic E-state index is 0.0915. The molecule has 0 saturated carbocycles. The maximum atomic E-state index is 13.3. The molecule has 3 rings (SSSR count). The average Bonchev–Trinajstić information content (AvgIpc) is 3.06. The highest BCUT2D eigenvalue weighted by atomic mass is 32.2. The van der Waals surface area contributed by atoms with E-state index >= 15 is 0 Å². The van der Waals surface area contributed by atoms with E-state index in [0.717, 1.165) is 12.2 Å². The Balaban J connectivity index is 1.67. The molecule has 1 aromatic heterocycles. The highest BCUT2D eigenvalue weighted by molar-refractivity contribution is 7.99. The Morgan fingerprint density at radius 3 is 2.48 bits per heavy atom. The highest BCUT2D eigenvalue weighted by Crippen LogP contribution is 2.26. The molecule has 6 heteroatoms. The van der Waals surface area contributed by atoms with Gasteiger partial charge < -0.3 is 4.57 Å². The molecule has 1 atom stereocenters. The summed E-state index contributed by atoms with van der Waals surface area (Å²) in [6.45, 7) is 6.54. The van der Waals surface area contributed by atoms with Crippen molar-refractivity contribution >= 4 is 17.5 Å². The van der Waals surface area contributed by atoms with E-state index in [0.29, 0.717) is 16.6 Å². The van der Waals surface area contributed by atoms with E-state index in [4.69, 9.17) is 0 Å². The van der Waals surface area contributed by atoms with E-state index in [1.807, 2.05) is 11.6 Å². The first-order chi connectivity index (χ1) is 13.8. The molecule has 0 saturated heterocycles. The Bertz CT molecular complexity index is 982. The van der Waals surface area contributed by atoms with Crippen LogP contribution in [0.25, 0.3) is 0 Å². The van der Waals surface area contributed by atoms with E-state index < -0.39 is 5.82 Å². The van der Waals surface area contributed by atoms with Crippen LogP contribution in [0.2, 0.25) is 0 Å². The molecule has 0 aliphatic rings. The van der Waals surface area contributed by atoms with E-state index in [2.05, 4.69) is 55.2 Å². The van der Waals surface area contributed by atoms with Crippen molar-refractivity contribution < 1.29 is 9.18 Å². The lowest BCUT2D eigenvalue weighted by atomic mass is 9.96. The van der Waals surface area contributed by atoms with Crippen LogP contribution < -0.4 is 0 Å². The van der Waals surface area contributed by atoms with Crippen molar-refractivity contribution in [3.8, 4) is 0 Å². The summed E-state index contributed by atoms with van der Waals surface area (Å²) < 4.78 is 15.2. The van der Waals surface area contributed by atoms with E-state index in [9.17, 15) is 9.18 Å². The standard InChI is InChI=1S/C23H26FN3OS/c1-15(2)12-17-8-10-18(11-9-17)16(3)22-25-26-23(27(22)4)29-14-21(28)19-6-5-7-20(24)13-19/h5-11,13,15-16H,12,14H2,1-4H3. The number of rotatable bonds is 8. The molecule has 0 aliphatic carbocycles. The van der Waals surface area contributed by atoms with Gasteiger partial charge in [0, 0.05) is 18.5 Å². The maximum Gasteiger partial charge on any atom is 0.191 e. The monoisotopic (exact) mass is 411 g/mol. The molecule has 4 nitrogen and oxygen atoms in total. The Morgan fingerprint density at radius 2 is 1.83 bits per heavy atom. The number of carbonyl (C=O) groups excluding carboxylic acids is 1. The fraction of sp³-hybridized carbons (Fsp3) is 0.348. The van der Waals surface area contributed by atoms with Crippen molar-refractivity contribution in [3.05, 3.63) is 76.9 Å². The third-order valence-electron chi connectivity index (χ3n) is 4.86. The van der Waals surface area contributed by atoms with Gasteiger partial charge in [-0.3, -0.25) is 4.79 Å². The molecule has 0 fully saturated rings. The fourth-order valence-corrected chi connectivity index (χ4v) is 4.08. The molecular weight excluding hydrogens is 385 g/mol. The summed E-state index contributed by atoms with van der Waals surface area (Å²) in [5.74, 6) is 1.22. The van der Waals surface area contributed by atoms with Crippen molar-refractivity contribution in [1.82, 2.24) is 14.8 Å². The van der Waals surface area contributed by atoms with Gasteiger partial charge in [0.25, 0.3) is 0 Å². The second-order valence-electron chi connectivity index (χ2n) is 7.68. The summed E-state index contributed by atoms with van der Waals surface area (Å²) in [6, 6.07) is 14.4. The van der Waals surface area contributed by atoms with Crippen molar-refractivity contribution in [1.29, 1.82) is 0 Å². The van der Waals surface area contributed by atoms with Crippen LogP contribution in [-0.4, -0.2) is 26.3 Å². The molecule has 1 heterocycles. The van der Waals surface area contributed by atoms with Gasteiger partial charge in [-0.2, -0.15) is 0 Å². The van der Waals surface area contributed by atoms with Crippen molar-refractivity contribution in [2.45, 2.75) is 38.3 Å². The topological polar surface area (TPSA) is 47.8 Å². The first kappa shape index (κ1) is 21.2. The minimum atomic E-state index is -0.407. The summed E-state index contributed by atoms with van der Waals surface area (Å²) in [5, 5.41) is 9.27. The molecule has 0 bridgehead atoms. The second-order valence-corrected chi connectivity index (χ2v) is 8.63. The zero-order valence-corrected chi connectivity index (χ0v) is 18.0. The zero-order valence-electron chi connectivity index (χ0n) is 17.2. The van der Waals surface area contributed by atoms with Crippen molar-refractivity contribution in [2.75, 3.05) is 5.75 Å². The third kappa shape index (κ3) is 5.32. The Kier molecular flexibility index (Phi) is 6.85. The van der Waals surface area contributed by atoms with Gasteiger partial charge in [0.05, 0.1) is 5.75 Å². The fourth-order valence-electron chi connectivity index (χ4n) is 3.27. The largest absolute Gasteiger partial charge is 0.309 e. The molecular formula is C23H26FN3OS.